The van der Waals surface area contributed by atoms with Crippen LogP contribution in [-0.4, -0.2) is 55.0 Å². The maximum Gasteiger partial charge on any atom is 0.490 e. The Labute approximate surface area is 240 Å². The fourth-order valence-corrected chi connectivity index (χ4v) is 3.35. The van der Waals surface area contributed by atoms with Crippen LogP contribution in [0.4, 0.5) is 46.4 Å². The third kappa shape index (κ3) is 8.37. The van der Waals surface area contributed by atoms with Crippen molar-refractivity contribution in [1.29, 1.82) is 0 Å². The highest BCUT2D eigenvalue weighted by Gasteiger charge is 2.38. The number of carboxylic acids is 1. The second-order valence-corrected chi connectivity index (χ2v) is 8.42. The van der Waals surface area contributed by atoms with Crippen LogP contribution in [0.5, 0.6) is 5.88 Å². The Morgan fingerprint density at radius 1 is 1.12 bits per heavy atom. The van der Waals surface area contributed by atoms with E-state index >= 15 is 0 Å². The zero-order chi connectivity index (χ0) is 31.0. The van der Waals surface area contributed by atoms with Crippen molar-refractivity contribution in [3.63, 3.8) is 0 Å². The third-order valence-corrected chi connectivity index (χ3v) is 5.25. The van der Waals surface area contributed by atoms with Gasteiger partial charge in [-0.1, -0.05) is 18.2 Å². The molecule has 1 aromatic carbocycles. The van der Waals surface area contributed by atoms with Crippen LogP contribution in [0.25, 0.3) is 11.1 Å². The van der Waals surface area contributed by atoms with Crippen molar-refractivity contribution in [2.24, 2.45) is 7.05 Å². The molecule has 42 heavy (non-hydrogen) atoms. The average molecular weight is 609 g/mol. The number of carbonyl (C=O) groups is 2. The Bertz CT molecular complexity index is 1610. The van der Waals surface area contributed by atoms with Gasteiger partial charge in [-0.05, 0) is 30.3 Å². The van der Waals surface area contributed by atoms with Crippen LogP contribution in [0.1, 0.15) is 0 Å². The molecule has 0 bridgehead atoms. The van der Waals surface area contributed by atoms with Crippen LogP contribution in [0.3, 0.4) is 0 Å². The van der Waals surface area contributed by atoms with Gasteiger partial charge in [-0.2, -0.15) is 23.3 Å². The minimum atomic E-state index is -5.08. The number of methoxy groups -OCH3 is 1. The lowest BCUT2D eigenvalue weighted by atomic mass is 10.1. The zero-order valence-corrected chi connectivity index (χ0v) is 22.5. The lowest BCUT2D eigenvalue weighted by Gasteiger charge is -2.15. The summed E-state index contributed by atoms with van der Waals surface area (Å²) in [6.45, 7) is 3.42. The van der Waals surface area contributed by atoms with Crippen LogP contribution in [0, 0.1) is 5.82 Å². The Morgan fingerprint density at radius 2 is 1.83 bits per heavy atom. The molecular formula is C25H21ClF4N8O4. The van der Waals surface area contributed by atoms with E-state index in [1.54, 1.807) is 42.6 Å². The van der Waals surface area contributed by atoms with Crippen molar-refractivity contribution in [3.05, 3.63) is 72.5 Å². The zero-order valence-electron chi connectivity index (χ0n) is 21.7. The van der Waals surface area contributed by atoms with Gasteiger partial charge >= 0.3 is 12.1 Å². The number of hydrogen-bond acceptors (Lipinski definition) is 9. The van der Waals surface area contributed by atoms with E-state index < -0.39 is 23.9 Å². The molecule has 0 saturated carbocycles. The van der Waals surface area contributed by atoms with Gasteiger partial charge in [0.25, 0.3) is 0 Å². The van der Waals surface area contributed by atoms with E-state index in [0.717, 1.165) is 6.08 Å². The van der Waals surface area contributed by atoms with Gasteiger partial charge in [-0.15, -0.1) is 0 Å². The van der Waals surface area contributed by atoms with Crippen molar-refractivity contribution in [1.82, 2.24) is 24.7 Å². The molecule has 0 spiro atoms. The molecule has 1 amide bonds. The molecule has 4 aromatic rings. The maximum atomic E-state index is 14.7. The van der Waals surface area contributed by atoms with Gasteiger partial charge in [0.15, 0.2) is 0 Å². The van der Waals surface area contributed by atoms with Gasteiger partial charge in [-0.25, -0.2) is 19.2 Å². The summed E-state index contributed by atoms with van der Waals surface area (Å²) in [6.07, 6.45) is 2.50. The molecular weight excluding hydrogens is 588 g/mol. The largest absolute Gasteiger partial charge is 0.490 e. The highest BCUT2D eigenvalue weighted by Crippen LogP contribution is 2.34. The number of nitrogens with one attached hydrogen (secondary N) is 3. The maximum absolute atomic E-state index is 14.7. The lowest BCUT2D eigenvalue weighted by Crippen LogP contribution is -2.21. The molecule has 0 aliphatic rings. The van der Waals surface area contributed by atoms with Crippen molar-refractivity contribution >= 4 is 52.3 Å². The SMILES string of the molecule is C=CC(=O)Nc1ccc(F)c(Nc2nc(Nc3cnn(C)c3)ncc2-c2cnc(OC)c(Cl)c2)c1.O=C(O)C(F)(F)F. The van der Waals surface area contributed by atoms with Gasteiger partial charge in [-0.3, -0.25) is 9.48 Å². The van der Waals surface area contributed by atoms with E-state index in [-0.39, 0.29) is 28.4 Å². The van der Waals surface area contributed by atoms with E-state index in [2.05, 4.69) is 42.6 Å². The third-order valence-electron chi connectivity index (χ3n) is 4.98. The molecule has 0 aliphatic carbocycles. The van der Waals surface area contributed by atoms with E-state index in [9.17, 15) is 22.4 Å². The van der Waals surface area contributed by atoms with E-state index in [1.807, 2.05) is 0 Å². The first-order valence-electron chi connectivity index (χ1n) is 11.4. The first-order valence-corrected chi connectivity index (χ1v) is 11.8. The predicted octanol–water partition coefficient (Wildman–Crippen LogP) is 5.32. The molecule has 4 N–H and O–H groups in total. The summed E-state index contributed by atoms with van der Waals surface area (Å²) < 4.78 is 53.2. The first kappa shape index (κ1) is 31.3. The number of ether oxygens (including phenoxy) is 1. The summed E-state index contributed by atoms with van der Waals surface area (Å²) in [5.74, 6) is -2.97. The molecule has 0 radical (unpaired) electrons. The fourth-order valence-electron chi connectivity index (χ4n) is 3.11. The average Bonchev–Trinajstić information content (AvgIpc) is 3.34. The standard InChI is InChI=1S/C23H20ClFN8O2.C2HF3O2/c1-4-20(34)29-14-5-6-18(25)19(8-14)31-21-16(13-7-17(24)22(35-3)26-9-13)11-27-23(32-21)30-15-10-28-33(2)12-15;3-2(4,5)1(6)7/h4-12H,1H2,2-3H3,(H,29,34)(H2,27,30,31,32);(H,6,7). The molecule has 17 heteroatoms. The first-order chi connectivity index (χ1) is 19.8. The summed E-state index contributed by atoms with van der Waals surface area (Å²) in [5.41, 5.74) is 2.19. The summed E-state index contributed by atoms with van der Waals surface area (Å²) in [7, 11) is 3.24. The number of amides is 1. The molecule has 4 rings (SSSR count). The molecule has 0 fully saturated rings. The highest BCUT2D eigenvalue weighted by molar-refractivity contribution is 6.32. The van der Waals surface area contributed by atoms with Gasteiger partial charge in [0.1, 0.15) is 16.7 Å². The van der Waals surface area contributed by atoms with Gasteiger partial charge in [0.05, 0.1) is 24.7 Å². The smallest absolute Gasteiger partial charge is 0.480 e. The Balaban J connectivity index is 0.000000616. The van der Waals surface area contributed by atoms with Crippen molar-refractivity contribution < 1.29 is 37.0 Å². The number of alkyl halides is 3. The highest BCUT2D eigenvalue weighted by atomic mass is 35.5. The van der Waals surface area contributed by atoms with Gasteiger partial charge in [0.2, 0.25) is 17.7 Å². The predicted molar refractivity (Wildman–Crippen MR) is 146 cm³/mol. The van der Waals surface area contributed by atoms with E-state index in [0.29, 0.717) is 22.5 Å². The Kier molecular flexibility index (Phi) is 9.98. The van der Waals surface area contributed by atoms with Crippen molar-refractivity contribution in [2.45, 2.75) is 6.18 Å². The number of benzene rings is 1. The Hall–Kier alpha value is -5.25. The van der Waals surface area contributed by atoms with Gasteiger partial charge in [0, 0.05) is 42.5 Å². The minimum Gasteiger partial charge on any atom is -0.480 e. The van der Waals surface area contributed by atoms with Crippen LogP contribution in [-0.2, 0) is 16.6 Å². The summed E-state index contributed by atoms with van der Waals surface area (Å²) >= 11 is 6.26. The topological polar surface area (TPSA) is 156 Å². The Morgan fingerprint density at radius 3 is 2.40 bits per heavy atom. The second kappa shape index (κ2) is 13.4. The number of hydrogen-bond donors (Lipinski definition) is 4. The van der Waals surface area contributed by atoms with Crippen LogP contribution in [0.2, 0.25) is 5.02 Å². The summed E-state index contributed by atoms with van der Waals surface area (Å²) in [6, 6.07) is 5.74. The quantitative estimate of drug-likeness (QED) is 0.152. The van der Waals surface area contributed by atoms with Crippen molar-refractivity contribution in [2.75, 3.05) is 23.1 Å². The van der Waals surface area contributed by atoms with Crippen LogP contribution < -0.4 is 20.7 Å². The monoisotopic (exact) mass is 608 g/mol. The number of aliphatic carboxylic acids is 1. The van der Waals surface area contributed by atoms with E-state index in [1.165, 1.54) is 25.3 Å². The number of pyridine rings is 1. The molecule has 12 nitrogen and oxygen atoms in total. The second-order valence-electron chi connectivity index (χ2n) is 8.01. The number of anilines is 5. The number of aromatic nitrogens is 5. The lowest BCUT2D eigenvalue weighted by molar-refractivity contribution is -0.192. The van der Waals surface area contributed by atoms with E-state index in [4.69, 9.17) is 26.2 Å². The molecule has 0 saturated heterocycles. The number of rotatable bonds is 8. The molecule has 3 aromatic heterocycles. The van der Waals surface area contributed by atoms with Gasteiger partial charge < -0.3 is 25.8 Å². The van der Waals surface area contributed by atoms with Crippen LogP contribution in [0.15, 0.2) is 61.7 Å². The van der Waals surface area contributed by atoms with Crippen molar-refractivity contribution in [3.8, 4) is 17.0 Å². The number of nitrogens with zero attached hydrogens (tertiary/aromatic N) is 5. The van der Waals surface area contributed by atoms with Crippen LogP contribution >= 0.6 is 11.6 Å². The summed E-state index contributed by atoms with van der Waals surface area (Å²) in [5, 5.41) is 20.1. The molecule has 0 atom stereocenters. The minimum absolute atomic E-state index is 0.0757. The molecule has 3 heterocycles. The number of halogens is 5. The molecule has 220 valence electrons. The molecule has 0 aliphatic heterocycles. The number of carboxylic acid groups (broad SMARTS) is 1. The fraction of sp³-hybridized carbons (Fsp3) is 0.120. The normalized spacial score (nSPS) is 10.6. The number of carbonyl (C=O) groups excluding carboxylic acids is 1. The number of aryl methyl sites for hydroxylation is 1. The molecule has 0 unspecified atom stereocenters. The summed E-state index contributed by atoms with van der Waals surface area (Å²) in [4.78, 5) is 33.6.